The van der Waals surface area contributed by atoms with Crippen molar-refractivity contribution in [3.8, 4) is 5.69 Å². The Balaban J connectivity index is 1.59. The highest BCUT2D eigenvalue weighted by atomic mass is 16.5. The number of nitrogens with two attached hydrogens (primary N) is 1. The van der Waals surface area contributed by atoms with Crippen LogP contribution in [0.4, 0.5) is 5.69 Å². The maximum atomic E-state index is 13.1. The van der Waals surface area contributed by atoms with Gasteiger partial charge < -0.3 is 15.8 Å². The van der Waals surface area contributed by atoms with E-state index in [-0.39, 0.29) is 17.2 Å². The molecule has 0 spiro atoms. The molecule has 1 saturated carbocycles. The Bertz CT molecular complexity index is 1050. The number of carbonyl (C=O) groups is 2. The minimum Gasteiger partial charge on any atom is -0.379 e. The van der Waals surface area contributed by atoms with Crippen LogP contribution < -0.4 is 11.1 Å². The summed E-state index contributed by atoms with van der Waals surface area (Å²) in [5, 5.41) is 8.35. The number of rotatable bonds is 6. The molecule has 0 bridgehead atoms. The molecule has 1 aliphatic heterocycles. The Morgan fingerprint density at radius 1 is 1.29 bits per heavy atom. The lowest BCUT2D eigenvalue weighted by molar-refractivity contribution is 0.0909. The molecule has 5 rings (SSSR count). The Kier molecular flexibility index (Phi) is 4.88. The molecule has 31 heavy (non-hydrogen) atoms. The number of anilines is 1. The fourth-order valence-electron chi connectivity index (χ4n) is 4.85. The summed E-state index contributed by atoms with van der Waals surface area (Å²) in [5.74, 6) is 0.372. The molecule has 0 unspecified atom stereocenters. The Labute approximate surface area is 182 Å². The van der Waals surface area contributed by atoms with Crippen LogP contribution in [0.3, 0.4) is 0 Å². The highest BCUT2D eigenvalue weighted by Gasteiger charge is 2.38. The normalized spacial score (nSPS) is 22.4. The number of hydrogen-bond donors (Lipinski definition) is 2. The maximum absolute atomic E-state index is 13.1. The zero-order chi connectivity index (χ0) is 21.8. The molecule has 1 aromatic heterocycles. The van der Waals surface area contributed by atoms with Gasteiger partial charge in [-0.15, -0.1) is 0 Å². The van der Waals surface area contributed by atoms with Crippen molar-refractivity contribution in [2.75, 3.05) is 18.5 Å². The van der Waals surface area contributed by atoms with Crippen LogP contribution in [0.1, 0.15) is 71.6 Å². The van der Waals surface area contributed by atoms with Crippen LogP contribution in [0.2, 0.25) is 0 Å². The van der Waals surface area contributed by atoms with Crippen LogP contribution in [-0.4, -0.2) is 40.7 Å². The number of primary amides is 1. The number of hydrogen-bond acceptors (Lipinski definition) is 5. The zero-order valence-electron chi connectivity index (χ0n) is 18.2. The largest absolute Gasteiger partial charge is 0.379 e. The predicted molar refractivity (Wildman–Crippen MR) is 118 cm³/mol. The number of Topliss-reactive ketones (excluding diaryl/α,β-unsaturated/α-hetero) is 1. The average molecular weight is 423 g/mol. The summed E-state index contributed by atoms with van der Waals surface area (Å²) >= 11 is 0. The van der Waals surface area contributed by atoms with E-state index < -0.39 is 5.91 Å². The lowest BCUT2D eigenvalue weighted by Crippen LogP contribution is -2.28. The van der Waals surface area contributed by atoms with Gasteiger partial charge in [0.1, 0.15) is 0 Å². The highest BCUT2D eigenvalue weighted by Crippen LogP contribution is 2.40. The molecule has 1 atom stereocenters. The SMILES string of the molecule is CC1(C)CC(=O)c2c(CC3CC3)nn(-c3ccc(C(N)=O)c(N[C@@H]4CCOC4)c3)c2C1. The van der Waals surface area contributed by atoms with Gasteiger partial charge in [-0.1, -0.05) is 13.8 Å². The number of fused-ring (bicyclic) bond motifs is 1. The molecule has 2 fully saturated rings. The van der Waals surface area contributed by atoms with Gasteiger partial charge in [0.15, 0.2) is 5.78 Å². The highest BCUT2D eigenvalue weighted by molar-refractivity contribution is 6.00. The number of aromatic nitrogens is 2. The molecule has 7 heteroatoms. The fraction of sp³-hybridized carbons (Fsp3) is 0.542. The maximum Gasteiger partial charge on any atom is 0.250 e. The molecule has 3 N–H and O–H groups in total. The third kappa shape index (κ3) is 3.99. The molecule has 2 aromatic rings. The van der Waals surface area contributed by atoms with E-state index in [9.17, 15) is 9.59 Å². The predicted octanol–water partition coefficient (Wildman–Crippen LogP) is 3.28. The Hall–Kier alpha value is -2.67. The first-order chi connectivity index (χ1) is 14.8. The minimum absolute atomic E-state index is 0.103. The number of ketones is 1. The van der Waals surface area contributed by atoms with Crippen molar-refractivity contribution >= 4 is 17.4 Å². The number of amides is 1. The molecule has 2 heterocycles. The van der Waals surface area contributed by atoms with Crippen LogP contribution >= 0.6 is 0 Å². The smallest absolute Gasteiger partial charge is 0.250 e. The van der Waals surface area contributed by atoms with Gasteiger partial charge in [0.2, 0.25) is 0 Å². The summed E-state index contributed by atoms with van der Waals surface area (Å²) in [7, 11) is 0. The van der Waals surface area contributed by atoms with Gasteiger partial charge in [0, 0.05) is 18.7 Å². The van der Waals surface area contributed by atoms with E-state index in [0.29, 0.717) is 36.8 Å². The third-order valence-corrected chi connectivity index (χ3v) is 6.60. The second kappa shape index (κ2) is 7.48. The Morgan fingerprint density at radius 3 is 2.77 bits per heavy atom. The van der Waals surface area contributed by atoms with Crippen LogP contribution in [0.25, 0.3) is 5.69 Å². The summed E-state index contributed by atoms with van der Waals surface area (Å²) in [4.78, 5) is 25.1. The van der Waals surface area contributed by atoms with Gasteiger partial charge in [-0.2, -0.15) is 5.10 Å². The molecule has 1 aromatic carbocycles. The van der Waals surface area contributed by atoms with Gasteiger partial charge in [-0.25, -0.2) is 4.68 Å². The number of benzene rings is 1. The van der Waals surface area contributed by atoms with Crippen molar-refractivity contribution in [1.29, 1.82) is 0 Å². The second-order valence-corrected chi connectivity index (χ2v) is 10.1. The van der Waals surface area contributed by atoms with E-state index in [1.807, 2.05) is 16.8 Å². The first kappa shape index (κ1) is 20.2. The first-order valence-corrected chi connectivity index (χ1v) is 11.2. The van der Waals surface area contributed by atoms with E-state index in [2.05, 4.69) is 19.2 Å². The lowest BCUT2D eigenvalue weighted by Gasteiger charge is -2.29. The molecular formula is C24H30N4O3. The number of nitrogens with zero attached hydrogens (tertiary/aromatic N) is 2. The minimum atomic E-state index is -0.471. The van der Waals surface area contributed by atoms with Crippen LogP contribution in [0.5, 0.6) is 0 Å². The van der Waals surface area contributed by atoms with Gasteiger partial charge in [0.05, 0.1) is 40.9 Å². The van der Waals surface area contributed by atoms with E-state index >= 15 is 0 Å². The summed E-state index contributed by atoms with van der Waals surface area (Å²) in [6, 6.07) is 5.70. The first-order valence-electron chi connectivity index (χ1n) is 11.2. The van der Waals surface area contributed by atoms with Crippen molar-refractivity contribution in [1.82, 2.24) is 9.78 Å². The molecule has 3 aliphatic rings. The molecule has 164 valence electrons. The number of ether oxygens (including phenoxy) is 1. The van der Waals surface area contributed by atoms with E-state index in [4.69, 9.17) is 15.6 Å². The van der Waals surface area contributed by atoms with Gasteiger partial charge in [-0.3, -0.25) is 9.59 Å². The van der Waals surface area contributed by atoms with E-state index in [1.165, 1.54) is 12.8 Å². The topological polar surface area (TPSA) is 99.2 Å². The molecule has 1 amide bonds. The van der Waals surface area contributed by atoms with Gasteiger partial charge >= 0.3 is 0 Å². The van der Waals surface area contributed by atoms with Crippen LogP contribution in [0, 0.1) is 11.3 Å². The van der Waals surface area contributed by atoms with Gasteiger partial charge in [-0.05, 0) is 61.6 Å². The average Bonchev–Trinajstić information content (AvgIpc) is 3.22. The molecular weight excluding hydrogens is 392 g/mol. The standard InChI is InChI=1S/C24H30N4O3/c1-24(2)11-20-22(21(29)12-24)19(9-14-3-4-14)27-28(20)16-5-6-17(23(25)30)18(10-16)26-15-7-8-31-13-15/h5-6,10,14-15,26H,3-4,7-9,11-13H2,1-2H3,(H2,25,30)/t15-/m1/s1. The molecule has 1 saturated heterocycles. The lowest BCUT2D eigenvalue weighted by atomic mass is 9.75. The summed E-state index contributed by atoms with van der Waals surface area (Å²) in [5.41, 5.74) is 10.2. The summed E-state index contributed by atoms with van der Waals surface area (Å²) < 4.78 is 7.39. The molecule has 0 radical (unpaired) electrons. The number of nitrogens with one attached hydrogen (secondary N) is 1. The number of carbonyl (C=O) groups excluding carboxylic acids is 2. The molecule has 7 nitrogen and oxygen atoms in total. The monoisotopic (exact) mass is 422 g/mol. The second-order valence-electron chi connectivity index (χ2n) is 10.1. The van der Waals surface area contributed by atoms with E-state index in [1.54, 1.807) is 6.07 Å². The van der Waals surface area contributed by atoms with Gasteiger partial charge in [0.25, 0.3) is 5.91 Å². The van der Waals surface area contributed by atoms with Crippen molar-refractivity contribution < 1.29 is 14.3 Å². The third-order valence-electron chi connectivity index (χ3n) is 6.60. The van der Waals surface area contributed by atoms with Crippen molar-refractivity contribution in [2.45, 2.75) is 58.4 Å². The van der Waals surface area contributed by atoms with Crippen LogP contribution in [-0.2, 0) is 17.6 Å². The summed E-state index contributed by atoms with van der Waals surface area (Å²) in [6.45, 7) is 5.58. The van der Waals surface area contributed by atoms with Crippen molar-refractivity contribution in [3.05, 3.63) is 40.7 Å². The molecule has 2 aliphatic carbocycles. The van der Waals surface area contributed by atoms with Crippen LogP contribution in [0.15, 0.2) is 18.2 Å². The zero-order valence-corrected chi connectivity index (χ0v) is 18.2. The Morgan fingerprint density at radius 2 is 2.10 bits per heavy atom. The van der Waals surface area contributed by atoms with Crippen molar-refractivity contribution in [3.63, 3.8) is 0 Å². The summed E-state index contributed by atoms with van der Waals surface area (Å²) in [6.07, 6.45) is 5.53. The van der Waals surface area contributed by atoms with E-state index in [0.717, 1.165) is 41.9 Å². The quantitative estimate of drug-likeness (QED) is 0.744. The fourth-order valence-corrected chi connectivity index (χ4v) is 4.85. The van der Waals surface area contributed by atoms with Crippen molar-refractivity contribution in [2.24, 2.45) is 17.1 Å².